The standard InChI is InChI=1S/C13H13FN2O2S/c1-2-10-15-9-5-3-4-8(14)12(9)13(16-10)19-7-6-11(17)18/h3-5H,2,6-7H2,1H3,(H,17,18). The van der Waals surface area contributed by atoms with E-state index < -0.39 is 5.97 Å². The molecule has 0 aliphatic heterocycles. The molecule has 1 N–H and O–H groups in total. The molecule has 0 amide bonds. The van der Waals surface area contributed by atoms with E-state index in [0.29, 0.717) is 33.9 Å². The maximum atomic E-state index is 13.9. The average molecular weight is 280 g/mol. The van der Waals surface area contributed by atoms with Crippen molar-refractivity contribution in [2.24, 2.45) is 0 Å². The smallest absolute Gasteiger partial charge is 0.304 e. The van der Waals surface area contributed by atoms with E-state index in [-0.39, 0.29) is 12.2 Å². The number of aryl methyl sites for hydroxylation is 1. The number of nitrogens with zero attached hydrogens (tertiary/aromatic N) is 2. The first-order valence-corrected chi connectivity index (χ1v) is 6.90. The zero-order chi connectivity index (χ0) is 13.8. The van der Waals surface area contributed by atoms with E-state index in [4.69, 9.17) is 5.11 Å². The number of carboxylic acid groups (broad SMARTS) is 1. The highest BCUT2D eigenvalue weighted by Crippen LogP contribution is 2.28. The molecule has 1 aromatic heterocycles. The van der Waals surface area contributed by atoms with Crippen molar-refractivity contribution >= 4 is 28.6 Å². The molecule has 0 fully saturated rings. The van der Waals surface area contributed by atoms with Crippen molar-refractivity contribution in [2.75, 3.05) is 5.75 Å². The van der Waals surface area contributed by atoms with Gasteiger partial charge in [0.15, 0.2) is 0 Å². The van der Waals surface area contributed by atoms with Crippen LogP contribution in [0.3, 0.4) is 0 Å². The fraction of sp³-hybridized carbons (Fsp3) is 0.308. The van der Waals surface area contributed by atoms with Gasteiger partial charge in [-0.05, 0) is 12.1 Å². The lowest BCUT2D eigenvalue weighted by Crippen LogP contribution is -2.00. The minimum atomic E-state index is -0.873. The summed E-state index contributed by atoms with van der Waals surface area (Å²) >= 11 is 1.25. The lowest BCUT2D eigenvalue weighted by Gasteiger charge is -2.07. The predicted molar refractivity (Wildman–Crippen MR) is 71.9 cm³/mol. The van der Waals surface area contributed by atoms with Crippen molar-refractivity contribution in [3.8, 4) is 0 Å². The number of benzene rings is 1. The normalized spacial score (nSPS) is 10.8. The molecule has 1 aromatic carbocycles. The lowest BCUT2D eigenvalue weighted by molar-refractivity contribution is -0.136. The average Bonchev–Trinajstić information content (AvgIpc) is 2.38. The van der Waals surface area contributed by atoms with Crippen molar-refractivity contribution in [3.63, 3.8) is 0 Å². The quantitative estimate of drug-likeness (QED) is 0.674. The summed E-state index contributed by atoms with van der Waals surface area (Å²) in [5.74, 6) is -0.255. The Balaban J connectivity index is 2.41. The third-order valence-corrected chi connectivity index (χ3v) is 3.53. The van der Waals surface area contributed by atoms with Crippen LogP contribution in [0.5, 0.6) is 0 Å². The molecule has 0 aliphatic rings. The SMILES string of the molecule is CCc1nc(SCCC(=O)O)c2c(F)cccc2n1. The molecule has 100 valence electrons. The van der Waals surface area contributed by atoms with Crippen molar-refractivity contribution in [1.82, 2.24) is 9.97 Å². The Hall–Kier alpha value is -1.69. The molecular formula is C13H13FN2O2S. The van der Waals surface area contributed by atoms with Gasteiger partial charge in [-0.2, -0.15) is 0 Å². The number of carbonyl (C=O) groups is 1. The van der Waals surface area contributed by atoms with Gasteiger partial charge in [-0.25, -0.2) is 14.4 Å². The molecule has 4 nitrogen and oxygen atoms in total. The summed E-state index contributed by atoms with van der Waals surface area (Å²) in [6.45, 7) is 1.92. The number of fused-ring (bicyclic) bond motifs is 1. The molecule has 6 heteroatoms. The van der Waals surface area contributed by atoms with Gasteiger partial charge in [0, 0.05) is 12.2 Å². The van der Waals surface area contributed by atoms with E-state index in [0.717, 1.165) is 0 Å². The monoisotopic (exact) mass is 280 g/mol. The Bertz CT molecular complexity index is 619. The molecule has 0 radical (unpaired) electrons. The molecule has 0 saturated heterocycles. The van der Waals surface area contributed by atoms with Gasteiger partial charge in [0.05, 0.1) is 17.3 Å². The van der Waals surface area contributed by atoms with Gasteiger partial charge < -0.3 is 5.11 Å². The van der Waals surface area contributed by atoms with Crippen molar-refractivity contribution in [2.45, 2.75) is 24.8 Å². The van der Waals surface area contributed by atoms with E-state index in [1.807, 2.05) is 6.92 Å². The maximum absolute atomic E-state index is 13.9. The summed E-state index contributed by atoms with van der Waals surface area (Å²) in [5.41, 5.74) is 0.560. The number of carboxylic acids is 1. The highest BCUT2D eigenvalue weighted by molar-refractivity contribution is 7.99. The Morgan fingerprint density at radius 1 is 1.42 bits per heavy atom. The third kappa shape index (κ3) is 3.20. The largest absolute Gasteiger partial charge is 0.481 e. The number of halogens is 1. The van der Waals surface area contributed by atoms with Gasteiger partial charge in [0.1, 0.15) is 16.7 Å². The summed E-state index contributed by atoms with van der Waals surface area (Å²) in [7, 11) is 0. The molecule has 0 unspecified atom stereocenters. The van der Waals surface area contributed by atoms with Crippen LogP contribution in [-0.2, 0) is 11.2 Å². The first-order chi connectivity index (χ1) is 9.11. The van der Waals surface area contributed by atoms with Crippen LogP contribution >= 0.6 is 11.8 Å². The molecule has 0 spiro atoms. The van der Waals surface area contributed by atoms with Crippen LogP contribution in [0, 0.1) is 5.82 Å². The zero-order valence-electron chi connectivity index (χ0n) is 10.4. The Morgan fingerprint density at radius 2 is 2.21 bits per heavy atom. The highest BCUT2D eigenvalue weighted by atomic mass is 32.2. The van der Waals surface area contributed by atoms with Crippen molar-refractivity contribution < 1.29 is 14.3 Å². The minimum Gasteiger partial charge on any atom is -0.481 e. The number of thioether (sulfide) groups is 1. The second-order valence-electron chi connectivity index (χ2n) is 3.92. The second kappa shape index (κ2) is 5.97. The van der Waals surface area contributed by atoms with Gasteiger partial charge in [-0.1, -0.05) is 13.0 Å². The van der Waals surface area contributed by atoms with Crippen LogP contribution in [0.15, 0.2) is 23.2 Å². The fourth-order valence-corrected chi connectivity index (χ4v) is 2.64. The van der Waals surface area contributed by atoms with Crippen LogP contribution in [0.1, 0.15) is 19.2 Å². The van der Waals surface area contributed by atoms with Crippen LogP contribution in [-0.4, -0.2) is 26.8 Å². The molecular weight excluding hydrogens is 267 g/mol. The maximum Gasteiger partial charge on any atom is 0.304 e. The molecule has 2 rings (SSSR count). The summed E-state index contributed by atoms with van der Waals surface area (Å²) in [5, 5.41) is 9.53. The predicted octanol–water partition coefficient (Wildman–Crippen LogP) is 2.90. The van der Waals surface area contributed by atoms with E-state index in [9.17, 15) is 9.18 Å². The summed E-state index contributed by atoms with van der Waals surface area (Å²) in [4.78, 5) is 19.1. The summed E-state index contributed by atoms with van der Waals surface area (Å²) in [6, 6.07) is 4.70. The fourth-order valence-electron chi connectivity index (χ4n) is 1.65. The van der Waals surface area contributed by atoms with Crippen LogP contribution in [0.25, 0.3) is 10.9 Å². The second-order valence-corrected chi connectivity index (χ2v) is 5.01. The number of rotatable bonds is 5. The Labute approximate surface area is 114 Å². The molecule has 1 heterocycles. The van der Waals surface area contributed by atoms with Crippen LogP contribution < -0.4 is 0 Å². The van der Waals surface area contributed by atoms with Crippen molar-refractivity contribution in [3.05, 3.63) is 29.8 Å². The van der Waals surface area contributed by atoms with Crippen LogP contribution in [0.2, 0.25) is 0 Å². The number of hydrogen-bond acceptors (Lipinski definition) is 4. The summed E-state index contributed by atoms with van der Waals surface area (Å²) < 4.78 is 13.9. The van der Waals surface area contributed by atoms with E-state index >= 15 is 0 Å². The Kier molecular flexibility index (Phi) is 4.31. The number of aliphatic carboxylic acids is 1. The van der Waals surface area contributed by atoms with E-state index in [1.54, 1.807) is 12.1 Å². The third-order valence-electron chi connectivity index (χ3n) is 2.56. The first-order valence-electron chi connectivity index (χ1n) is 5.91. The first kappa shape index (κ1) is 13.7. The summed E-state index contributed by atoms with van der Waals surface area (Å²) in [6.07, 6.45) is 0.672. The minimum absolute atomic E-state index is 0.0199. The van der Waals surface area contributed by atoms with Gasteiger partial charge in [0.2, 0.25) is 0 Å². The molecule has 19 heavy (non-hydrogen) atoms. The van der Waals surface area contributed by atoms with Gasteiger partial charge in [0.25, 0.3) is 0 Å². The van der Waals surface area contributed by atoms with Crippen molar-refractivity contribution in [1.29, 1.82) is 0 Å². The van der Waals surface area contributed by atoms with E-state index in [1.165, 1.54) is 17.8 Å². The molecule has 0 bridgehead atoms. The topological polar surface area (TPSA) is 63.1 Å². The number of hydrogen-bond donors (Lipinski definition) is 1. The van der Waals surface area contributed by atoms with E-state index in [2.05, 4.69) is 9.97 Å². The molecule has 2 aromatic rings. The van der Waals surface area contributed by atoms with Gasteiger partial charge in [-0.3, -0.25) is 4.79 Å². The lowest BCUT2D eigenvalue weighted by atomic mass is 10.2. The van der Waals surface area contributed by atoms with Gasteiger partial charge >= 0.3 is 5.97 Å². The van der Waals surface area contributed by atoms with Crippen LogP contribution in [0.4, 0.5) is 4.39 Å². The van der Waals surface area contributed by atoms with Gasteiger partial charge in [-0.15, -0.1) is 11.8 Å². The highest BCUT2D eigenvalue weighted by Gasteiger charge is 2.12. The molecule has 0 atom stereocenters. The number of aromatic nitrogens is 2. The zero-order valence-corrected chi connectivity index (χ0v) is 11.2. The molecule has 0 saturated carbocycles. The molecule has 0 aliphatic carbocycles. The Morgan fingerprint density at radius 3 is 2.89 bits per heavy atom.